The maximum atomic E-state index is 12.9. The summed E-state index contributed by atoms with van der Waals surface area (Å²) < 4.78 is 23.4. The molecular weight excluding hydrogens is 391 g/mol. The third-order valence-corrected chi connectivity index (χ3v) is 4.65. The van der Waals surface area contributed by atoms with Gasteiger partial charge in [0.1, 0.15) is 11.6 Å². The Kier molecular flexibility index (Phi) is 7.00. The number of benzene rings is 2. The molecule has 7 nitrogen and oxygen atoms in total. The number of halogens is 1. The van der Waals surface area contributed by atoms with Gasteiger partial charge in [-0.3, -0.25) is 14.4 Å². The van der Waals surface area contributed by atoms with Crippen LogP contribution in [0.5, 0.6) is 5.75 Å². The molecule has 8 heteroatoms. The predicted octanol–water partition coefficient (Wildman–Crippen LogP) is 2.23. The first-order valence-electron chi connectivity index (χ1n) is 9.68. The first-order chi connectivity index (χ1) is 14.4. The van der Waals surface area contributed by atoms with Crippen LogP contribution < -0.4 is 15.0 Å². The van der Waals surface area contributed by atoms with E-state index in [0.717, 1.165) is 5.56 Å². The van der Waals surface area contributed by atoms with Gasteiger partial charge in [-0.25, -0.2) is 4.39 Å². The second-order valence-corrected chi connectivity index (χ2v) is 6.85. The number of nitrogens with one attached hydrogen (secondary N) is 1. The van der Waals surface area contributed by atoms with Crippen molar-refractivity contribution in [3.8, 4) is 5.75 Å². The molecule has 30 heavy (non-hydrogen) atoms. The van der Waals surface area contributed by atoms with Gasteiger partial charge in [-0.05, 0) is 43.2 Å². The molecule has 2 amide bonds. The minimum atomic E-state index is -0.960. The van der Waals surface area contributed by atoms with E-state index in [1.54, 1.807) is 36.4 Å². The van der Waals surface area contributed by atoms with Crippen LogP contribution in [0.1, 0.15) is 18.9 Å². The van der Waals surface area contributed by atoms with Gasteiger partial charge in [0.25, 0.3) is 11.8 Å². The van der Waals surface area contributed by atoms with E-state index >= 15 is 0 Å². The number of hydrogen-bond acceptors (Lipinski definition) is 5. The van der Waals surface area contributed by atoms with Crippen molar-refractivity contribution in [2.24, 2.45) is 0 Å². The van der Waals surface area contributed by atoms with E-state index in [1.807, 2.05) is 0 Å². The van der Waals surface area contributed by atoms with Gasteiger partial charge in [-0.15, -0.1) is 0 Å². The molecule has 1 aliphatic heterocycles. The molecule has 1 heterocycles. The lowest BCUT2D eigenvalue weighted by Gasteiger charge is -2.29. The normalized spacial score (nSPS) is 13.8. The number of hydrogen-bond donors (Lipinski definition) is 1. The summed E-state index contributed by atoms with van der Waals surface area (Å²) in [4.78, 5) is 37.9. The average Bonchev–Trinajstić information content (AvgIpc) is 2.74. The van der Waals surface area contributed by atoms with Gasteiger partial charge in [0, 0.05) is 13.1 Å². The summed E-state index contributed by atoms with van der Waals surface area (Å²) in [6, 6.07) is 13.1. The van der Waals surface area contributed by atoms with Gasteiger partial charge in [0.2, 0.25) is 0 Å². The van der Waals surface area contributed by atoms with Crippen molar-refractivity contribution in [3.63, 3.8) is 0 Å². The lowest BCUT2D eigenvalue weighted by Crippen LogP contribution is -2.41. The number of esters is 1. The van der Waals surface area contributed by atoms with Crippen molar-refractivity contribution in [2.75, 3.05) is 24.6 Å². The minimum absolute atomic E-state index is 0.0483. The largest absolute Gasteiger partial charge is 0.482 e. The Bertz CT molecular complexity index is 916. The van der Waals surface area contributed by atoms with E-state index in [1.165, 1.54) is 24.0 Å². The zero-order valence-corrected chi connectivity index (χ0v) is 16.6. The monoisotopic (exact) mass is 414 g/mol. The summed E-state index contributed by atoms with van der Waals surface area (Å²) in [6.07, 6.45) is -0.475. The lowest BCUT2D eigenvalue weighted by molar-refractivity contribution is -0.154. The van der Waals surface area contributed by atoms with Crippen LogP contribution in [-0.2, 0) is 25.5 Å². The number of carbonyl (C=O) groups excluding carboxylic acids is 3. The highest BCUT2D eigenvalue weighted by atomic mass is 19.1. The molecule has 2 aromatic carbocycles. The highest BCUT2D eigenvalue weighted by Crippen LogP contribution is 2.31. The van der Waals surface area contributed by atoms with Crippen LogP contribution in [0.2, 0.25) is 0 Å². The molecule has 3 rings (SSSR count). The molecule has 0 radical (unpaired) electrons. The highest BCUT2D eigenvalue weighted by Gasteiger charge is 2.26. The Hall–Kier alpha value is -3.42. The second-order valence-electron chi connectivity index (χ2n) is 6.85. The van der Waals surface area contributed by atoms with Crippen molar-refractivity contribution in [2.45, 2.75) is 25.9 Å². The highest BCUT2D eigenvalue weighted by molar-refractivity contribution is 5.98. The lowest BCUT2D eigenvalue weighted by atomic mass is 10.1. The Balaban J connectivity index is 1.42. The summed E-state index contributed by atoms with van der Waals surface area (Å²) in [5.41, 5.74) is 1.49. The fourth-order valence-electron chi connectivity index (χ4n) is 3.04. The van der Waals surface area contributed by atoms with E-state index < -0.39 is 18.0 Å². The third-order valence-electron chi connectivity index (χ3n) is 4.65. The van der Waals surface area contributed by atoms with Gasteiger partial charge >= 0.3 is 5.97 Å². The number of ether oxygens (including phenoxy) is 2. The van der Waals surface area contributed by atoms with Gasteiger partial charge in [-0.2, -0.15) is 0 Å². The molecular formula is C22H23FN2O5. The van der Waals surface area contributed by atoms with E-state index in [9.17, 15) is 18.8 Å². The predicted molar refractivity (Wildman–Crippen MR) is 108 cm³/mol. The molecule has 158 valence electrons. The smallest absolute Gasteiger partial charge is 0.308 e. The molecule has 0 aliphatic carbocycles. The van der Waals surface area contributed by atoms with E-state index in [0.29, 0.717) is 24.4 Å². The average molecular weight is 414 g/mol. The summed E-state index contributed by atoms with van der Waals surface area (Å²) in [6.45, 7) is 1.88. The molecule has 0 saturated carbocycles. The number of nitrogens with zero attached hydrogens (tertiary/aromatic N) is 1. The van der Waals surface area contributed by atoms with E-state index in [2.05, 4.69) is 5.32 Å². The van der Waals surface area contributed by atoms with Crippen molar-refractivity contribution in [3.05, 3.63) is 59.9 Å². The van der Waals surface area contributed by atoms with Crippen LogP contribution >= 0.6 is 0 Å². The van der Waals surface area contributed by atoms with E-state index in [4.69, 9.17) is 9.47 Å². The SMILES string of the molecule is CC(OC(=O)CCN1C(=O)COc2ccccc21)C(=O)NCCc1ccc(F)cc1. The van der Waals surface area contributed by atoms with Crippen LogP contribution in [0.3, 0.4) is 0 Å². The van der Waals surface area contributed by atoms with Crippen LogP contribution in [-0.4, -0.2) is 43.6 Å². The minimum Gasteiger partial charge on any atom is -0.482 e. The van der Waals surface area contributed by atoms with Crippen molar-refractivity contribution >= 4 is 23.5 Å². The maximum Gasteiger partial charge on any atom is 0.308 e. The van der Waals surface area contributed by atoms with Crippen LogP contribution in [0, 0.1) is 5.82 Å². The van der Waals surface area contributed by atoms with Crippen LogP contribution in [0.15, 0.2) is 48.5 Å². The summed E-state index contributed by atoms with van der Waals surface area (Å²) >= 11 is 0. The first kappa shape index (κ1) is 21.3. The zero-order chi connectivity index (χ0) is 21.5. The van der Waals surface area contributed by atoms with Gasteiger partial charge in [0.05, 0.1) is 12.1 Å². The van der Waals surface area contributed by atoms with Gasteiger partial charge in [0.15, 0.2) is 12.7 Å². The Morgan fingerprint density at radius 1 is 1.20 bits per heavy atom. The van der Waals surface area contributed by atoms with Crippen molar-refractivity contribution in [1.29, 1.82) is 0 Å². The molecule has 2 aromatic rings. The molecule has 0 fully saturated rings. The molecule has 1 atom stereocenters. The topological polar surface area (TPSA) is 84.9 Å². The number of rotatable bonds is 8. The molecule has 0 saturated heterocycles. The third kappa shape index (κ3) is 5.56. The summed E-state index contributed by atoms with van der Waals surface area (Å²) in [5.74, 6) is -0.968. The van der Waals surface area contributed by atoms with Crippen molar-refractivity contribution < 1.29 is 28.2 Å². The molecule has 1 N–H and O–H groups in total. The quantitative estimate of drug-likeness (QED) is 0.670. The Morgan fingerprint density at radius 3 is 2.70 bits per heavy atom. The Morgan fingerprint density at radius 2 is 1.93 bits per heavy atom. The van der Waals surface area contributed by atoms with Crippen molar-refractivity contribution in [1.82, 2.24) is 5.32 Å². The summed E-state index contributed by atoms with van der Waals surface area (Å²) in [7, 11) is 0. The molecule has 0 spiro atoms. The number of fused-ring (bicyclic) bond motifs is 1. The standard InChI is InChI=1S/C22H23FN2O5/c1-15(22(28)24-12-10-16-6-8-17(23)9-7-16)30-21(27)11-13-25-18-4-2-3-5-19(18)29-14-20(25)26/h2-9,15H,10-14H2,1H3,(H,24,28). The van der Waals surface area contributed by atoms with E-state index in [-0.39, 0.29) is 31.3 Å². The fourth-order valence-corrected chi connectivity index (χ4v) is 3.04. The number of para-hydroxylation sites is 2. The summed E-state index contributed by atoms with van der Waals surface area (Å²) in [5, 5.41) is 2.69. The molecule has 0 aromatic heterocycles. The maximum absolute atomic E-state index is 12.9. The number of anilines is 1. The van der Waals surface area contributed by atoms with Crippen LogP contribution in [0.4, 0.5) is 10.1 Å². The van der Waals surface area contributed by atoms with Gasteiger partial charge < -0.3 is 19.7 Å². The first-order valence-corrected chi connectivity index (χ1v) is 9.68. The molecule has 1 unspecified atom stereocenters. The second kappa shape index (κ2) is 9.87. The Labute approximate surface area is 173 Å². The van der Waals surface area contributed by atoms with Crippen LogP contribution in [0.25, 0.3) is 0 Å². The zero-order valence-electron chi connectivity index (χ0n) is 16.6. The molecule has 0 bridgehead atoms. The molecule has 1 aliphatic rings. The number of carbonyl (C=O) groups is 3. The van der Waals surface area contributed by atoms with Gasteiger partial charge in [-0.1, -0.05) is 24.3 Å². The number of amides is 2. The fraction of sp³-hybridized carbons (Fsp3) is 0.318.